The van der Waals surface area contributed by atoms with Crippen LogP contribution in [-0.4, -0.2) is 74.2 Å². The summed E-state index contributed by atoms with van der Waals surface area (Å²) in [7, 11) is 0. The molecule has 0 atom stereocenters. The molecule has 5 nitrogen and oxygen atoms in total. The van der Waals surface area contributed by atoms with Gasteiger partial charge in [0.05, 0.1) is 11.6 Å². The SMILES string of the molecule is CC(C)N1CCN(CCNC2CCN(c3cccc(C4=Cc5cc(C#N)ccc5C4)c3)CC2)CC1. The Balaban J connectivity index is 1.09. The smallest absolute Gasteiger partial charge is 0.0991 e. The molecule has 1 N–H and O–H groups in total. The van der Waals surface area contributed by atoms with E-state index in [-0.39, 0.29) is 0 Å². The molecule has 2 aromatic carbocycles. The van der Waals surface area contributed by atoms with E-state index in [0.717, 1.165) is 31.6 Å². The van der Waals surface area contributed by atoms with E-state index >= 15 is 0 Å². The Bertz CT molecular complexity index is 1080. The number of nitrogens with zero attached hydrogens (tertiary/aromatic N) is 4. The van der Waals surface area contributed by atoms with Gasteiger partial charge < -0.3 is 10.2 Å². The summed E-state index contributed by atoms with van der Waals surface area (Å²) in [5.74, 6) is 0. The van der Waals surface area contributed by atoms with Gasteiger partial charge in [-0.1, -0.05) is 24.3 Å². The van der Waals surface area contributed by atoms with Gasteiger partial charge >= 0.3 is 0 Å². The lowest BCUT2D eigenvalue weighted by Gasteiger charge is -2.37. The van der Waals surface area contributed by atoms with Gasteiger partial charge in [0.2, 0.25) is 0 Å². The van der Waals surface area contributed by atoms with Crippen LogP contribution < -0.4 is 10.2 Å². The maximum Gasteiger partial charge on any atom is 0.0991 e. The highest BCUT2D eigenvalue weighted by Gasteiger charge is 2.22. The normalized spacial score (nSPS) is 19.6. The Hall–Kier alpha value is -2.65. The fraction of sp³-hybridized carbons (Fsp3) is 0.500. The predicted molar refractivity (Wildman–Crippen MR) is 146 cm³/mol. The van der Waals surface area contributed by atoms with E-state index < -0.39 is 0 Å². The molecule has 184 valence electrons. The molecule has 2 fully saturated rings. The molecule has 0 unspecified atom stereocenters. The van der Waals surface area contributed by atoms with Crippen molar-refractivity contribution >= 4 is 17.3 Å². The summed E-state index contributed by atoms with van der Waals surface area (Å²) >= 11 is 0. The van der Waals surface area contributed by atoms with Crippen LogP contribution in [0.1, 0.15) is 48.9 Å². The van der Waals surface area contributed by atoms with Crippen LogP contribution in [-0.2, 0) is 6.42 Å². The molecule has 2 aromatic rings. The third-order valence-electron chi connectivity index (χ3n) is 8.06. The van der Waals surface area contributed by atoms with Crippen molar-refractivity contribution in [1.29, 1.82) is 5.26 Å². The molecule has 0 bridgehead atoms. The molecule has 0 radical (unpaired) electrons. The number of piperidine rings is 1. The van der Waals surface area contributed by atoms with E-state index in [2.05, 4.69) is 76.3 Å². The molecule has 0 aromatic heterocycles. The number of fused-ring (bicyclic) bond motifs is 1. The van der Waals surface area contributed by atoms with Crippen molar-refractivity contribution in [3.8, 4) is 6.07 Å². The number of piperazine rings is 1. The van der Waals surface area contributed by atoms with E-state index in [1.807, 2.05) is 12.1 Å². The Kier molecular flexibility index (Phi) is 7.53. The van der Waals surface area contributed by atoms with Crippen LogP contribution in [0.5, 0.6) is 0 Å². The Labute approximate surface area is 211 Å². The van der Waals surface area contributed by atoms with Gasteiger partial charge in [0, 0.05) is 70.1 Å². The van der Waals surface area contributed by atoms with Gasteiger partial charge in [-0.05, 0) is 79.6 Å². The van der Waals surface area contributed by atoms with Crippen LogP contribution in [0, 0.1) is 11.3 Å². The van der Waals surface area contributed by atoms with Crippen LogP contribution in [0.4, 0.5) is 5.69 Å². The van der Waals surface area contributed by atoms with Gasteiger partial charge in [0.25, 0.3) is 0 Å². The van der Waals surface area contributed by atoms with Gasteiger partial charge in [-0.2, -0.15) is 5.26 Å². The number of rotatable bonds is 7. The van der Waals surface area contributed by atoms with Crippen LogP contribution in [0.3, 0.4) is 0 Å². The first-order valence-electron chi connectivity index (χ1n) is 13.4. The molecule has 2 saturated heterocycles. The predicted octanol–water partition coefficient (Wildman–Crippen LogP) is 4.24. The zero-order chi connectivity index (χ0) is 24.2. The maximum absolute atomic E-state index is 9.20. The number of hydrogen-bond donors (Lipinski definition) is 1. The lowest BCUT2D eigenvalue weighted by atomic mass is 10.0. The molecule has 5 rings (SSSR count). The van der Waals surface area contributed by atoms with Crippen molar-refractivity contribution in [2.75, 3.05) is 57.3 Å². The highest BCUT2D eigenvalue weighted by Crippen LogP contribution is 2.34. The minimum absolute atomic E-state index is 0.632. The van der Waals surface area contributed by atoms with E-state index in [1.54, 1.807) is 0 Å². The third kappa shape index (κ3) is 5.78. The number of hydrogen-bond acceptors (Lipinski definition) is 5. The zero-order valence-electron chi connectivity index (χ0n) is 21.3. The zero-order valence-corrected chi connectivity index (χ0v) is 21.3. The van der Waals surface area contributed by atoms with Gasteiger partial charge in [-0.15, -0.1) is 0 Å². The van der Waals surface area contributed by atoms with Crippen molar-refractivity contribution in [2.45, 2.75) is 45.2 Å². The molecule has 0 saturated carbocycles. The Morgan fingerprint density at radius 3 is 2.54 bits per heavy atom. The average molecular weight is 470 g/mol. The lowest BCUT2D eigenvalue weighted by Crippen LogP contribution is -2.51. The fourth-order valence-electron chi connectivity index (χ4n) is 5.76. The molecule has 0 amide bonds. The number of allylic oxidation sites excluding steroid dienone is 1. The number of nitrogens with one attached hydrogen (secondary N) is 1. The summed E-state index contributed by atoms with van der Waals surface area (Å²) in [5, 5.41) is 13.0. The largest absolute Gasteiger partial charge is 0.371 e. The minimum atomic E-state index is 0.632. The van der Waals surface area contributed by atoms with Gasteiger partial charge in [-0.3, -0.25) is 9.80 Å². The first-order chi connectivity index (χ1) is 17.1. The Morgan fingerprint density at radius 1 is 1.00 bits per heavy atom. The van der Waals surface area contributed by atoms with Crippen LogP contribution in [0.2, 0.25) is 0 Å². The summed E-state index contributed by atoms with van der Waals surface area (Å²) in [6, 6.07) is 18.6. The topological polar surface area (TPSA) is 45.5 Å². The molecule has 2 heterocycles. The van der Waals surface area contributed by atoms with Crippen LogP contribution in [0.25, 0.3) is 11.6 Å². The van der Waals surface area contributed by atoms with Crippen molar-refractivity contribution in [2.24, 2.45) is 0 Å². The van der Waals surface area contributed by atoms with Crippen molar-refractivity contribution in [1.82, 2.24) is 15.1 Å². The summed E-state index contributed by atoms with van der Waals surface area (Å²) in [4.78, 5) is 7.74. The molecule has 5 heteroatoms. The molecular formula is C30H39N5. The van der Waals surface area contributed by atoms with Crippen LogP contribution >= 0.6 is 0 Å². The number of anilines is 1. The maximum atomic E-state index is 9.20. The second-order valence-electron chi connectivity index (χ2n) is 10.6. The molecular weight excluding hydrogens is 430 g/mol. The molecule has 0 spiro atoms. The quantitative estimate of drug-likeness (QED) is 0.657. The van der Waals surface area contributed by atoms with Gasteiger partial charge in [-0.25, -0.2) is 0 Å². The lowest BCUT2D eigenvalue weighted by molar-refractivity contribution is 0.108. The van der Waals surface area contributed by atoms with Gasteiger partial charge in [0.15, 0.2) is 0 Å². The molecule has 35 heavy (non-hydrogen) atoms. The molecule has 3 aliphatic rings. The van der Waals surface area contributed by atoms with E-state index in [4.69, 9.17) is 0 Å². The van der Waals surface area contributed by atoms with Gasteiger partial charge in [0.1, 0.15) is 0 Å². The van der Waals surface area contributed by atoms with E-state index in [0.29, 0.717) is 12.1 Å². The Morgan fingerprint density at radius 2 is 1.80 bits per heavy atom. The molecule has 1 aliphatic carbocycles. The first-order valence-corrected chi connectivity index (χ1v) is 13.4. The van der Waals surface area contributed by atoms with Crippen molar-refractivity contribution < 1.29 is 0 Å². The van der Waals surface area contributed by atoms with E-state index in [9.17, 15) is 5.26 Å². The second kappa shape index (κ2) is 11.0. The third-order valence-corrected chi connectivity index (χ3v) is 8.06. The summed E-state index contributed by atoms with van der Waals surface area (Å²) in [5.41, 5.74) is 7.23. The fourth-order valence-corrected chi connectivity index (χ4v) is 5.76. The van der Waals surface area contributed by atoms with Crippen molar-refractivity contribution in [3.63, 3.8) is 0 Å². The summed E-state index contributed by atoms with van der Waals surface area (Å²) in [6.07, 6.45) is 5.62. The number of nitriles is 1. The second-order valence-corrected chi connectivity index (χ2v) is 10.6. The first kappa shape index (κ1) is 24.1. The standard InChI is InChI=1S/C30H39N5/c1-23(2)34-16-14-33(15-17-34)13-10-32-29-8-11-35(12-9-29)30-5-3-4-25(21-30)28-19-26-7-6-24(22-31)18-27(26)20-28/h3-7,18,20-21,23,29,32H,8-17,19H2,1-2H3. The average Bonchev–Trinajstić information content (AvgIpc) is 3.33. The highest BCUT2D eigenvalue weighted by molar-refractivity contribution is 5.89. The summed E-state index contributed by atoms with van der Waals surface area (Å²) in [6.45, 7) is 13.9. The highest BCUT2D eigenvalue weighted by atomic mass is 15.3. The molecule has 2 aliphatic heterocycles. The van der Waals surface area contributed by atoms with Crippen molar-refractivity contribution in [3.05, 3.63) is 64.7 Å². The summed E-state index contributed by atoms with van der Waals surface area (Å²) < 4.78 is 0. The van der Waals surface area contributed by atoms with Crippen LogP contribution in [0.15, 0.2) is 42.5 Å². The minimum Gasteiger partial charge on any atom is -0.371 e. The van der Waals surface area contributed by atoms with E-state index in [1.165, 1.54) is 73.5 Å². The number of benzene rings is 2. The monoisotopic (exact) mass is 469 g/mol.